The van der Waals surface area contributed by atoms with Gasteiger partial charge in [-0.2, -0.15) is 0 Å². The molecule has 0 heterocycles. The summed E-state index contributed by atoms with van der Waals surface area (Å²) in [6.45, 7) is 6.11. The zero-order valence-corrected chi connectivity index (χ0v) is 16.2. The Kier molecular flexibility index (Phi) is 6.39. The number of methoxy groups -OCH3 is 1. The van der Waals surface area contributed by atoms with Gasteiger partial charge in [0.05, 0.1) is 7.11 Å². The minimum Gasteiger partial charge on any atom is -0.495 e. The molecule has 0 aliphatic carbocycles. The molecule has 7 heteroatoms. The van der Waals surface area contributed by atoms with Gasteiger partial charge >= 0.3 is 0 Å². The first-order valence-corrected chi connectivity index (χ1v) is 9.85. The Hall–Kier alpha value is -2.38. The van der Waals surface area contributed by atoms with Crippen LogP contribution in [0.1, 0.15) is 42.6 Å². The van der Waals surface area contributed by atoms with Crippen LogP contribution >= 0.6 is 0 Å². The largest absolute Gasteiger partial charge is 0.495 e. The van der Waals surface area contributed by atoms with Gasteiger partial charge < -0.3 is 10.1 Å². The van der Waals surface area contributed by atoms with Crippen molar-refractivity contribution in [3.05, 3.63) is 53.6 Å². The number of amides is 1. The highest BCUT2D eigenvalue weighted by molar-refractivity contribution is 7.89. The van der Waals surface area contributed by atoms with Gasteiger partial charge in [-0.15, -0.1) is 0 Å². The molecule has 2 aromatic rings. The fourth-order valence-corrected chi connectivity index (χ4v) is 3.68. The van der Waals surface area contributed by atoms with Gasteiger partial charge in [0.2, 0.25) is 10.0 Å². The minimum absolute atomic E-state index is 0.0651. The highest BCUT2D eigenvalue weighted by Crippen LogP contribution is 2.25. The van der Waals surface area contributed by atoms with Gasteiger partial charge in [-0.1, -0.05) is 32.9 Å². The quantitative estimate of drug-likeness (QED) is 0.776. The maximum atomic E-state index is 12.5. The molecule has 2 N–H and O–H groups in total. The zero-order chi connectivity index (χ0) is 19.3. The molecule has 0 saturated heterocycles. The Morgan fingerprint density at radius 1 is 1.12 bits per heavy atom. The highest BCUT2D eigenvalue weighted by Gasteiger charge is 2.21. The monoisotopic (exact) mass is 376 g/mol. The van der Waals surface area contributed by atoms with E-state index in [1.807, 2.05) is 24.3 Å². The van der Waals surface area contributed by atoms with Crippen molar-refractivity contribution in [2.24, 2.45) is 0 Å². The number of sulfonamides is 1. The van der Waals surface area contributed by atoms with Crippen molar-refractivity contribution in [3.63, 3.8) is 0 Å². The van der Waals surface area contributed by atoms with E-state index >= 15 is 0 Å². The molecule has 0 spiro atoms. The van der Waals surface area contributed by atoms with Gasteiger partial charge in [-0.3, -0.25) is 4.79 Å². The number of benzene rings is 2. The topological polar surface area (TPSA) is 84.5 Å². The predicted octanol–water partition coefficient (Wildman–Crippen LogP) is 3.37. The van der Waals surface area contributed by atoms with Crippen molar-refractivity contribution < 1.29 is 17.9 Å². The van der Waals surface area contributed by atoms with Crippen LogP contribution in [0.15, 0.2) is 47.4 Å². The van der Waals surface area contributed by atoms with Crippen molar-refractivity contribution in [2.45, 2.75) is 31.6 Å². The van der Waals surface area contributed by atoms with Crippen molar-refractivity contribution in [1.29, 1.82) is 0 Å². The van der Waals surface area contributed by atoms with Gasteiger partial charge in [0.1, 0.15) is 10.6 Å². The predicted molar refractivity (Wildman–Crippen MR) is 102 cm³/mol. The Labute approximate surface area is 154 Å². The Morgan fingerprint density at radius 2 is 1.77 bits per heavy atom. The maximum absolute atomic E-state index is 12.5. The molecule has 0 aliphatic heterocycles. The van der Waals surface area contributed by atoms with Crippen LogP contribution in [0.2, 0.25) is 0 Å². The van der Waals surface area contributed by atoms with Crippen LogP contribution in [0.3, 0.4) is 0 Å². The lowest BCUT2D eigenvalue weighted by atomic mass is 10.0. The molecule has 0 saturated carbocycles. The summed E-state index contributed by atoms with van der Waals surface area (Å²) in [5, 5.41) is 2.78. The number of rotatable bonds is 7. The SMILES string of the molecule is CCNS(=O)(=O)c1cc(C(=O)Nc2ccc(C(C)C)cc2)ccc1OC. The number of ether oxygens (including phenoxy) is 1. The molecule has 0 aromatic heterocycles. The van der Waals surface area contributed by atoms with Crippen LogP contribution in [0.5, 0.6) is 5.75 Å². The average Bonchev–Trinajstić information content (AvgIpc) is 2.61. The van der Waals surface area contributed by atoms with E-state index in [-0.39, 0.29) is 22.8 Å². The molecule has 1 amide bonds. The number of carbonyl (C=O) groups is 1. The molecule has 6 nitrogen and oxygen atoms in total. The second-order valence-electron chi connectivity index (χ2n) is 6.10. The highest BCUT2D eigenvalue weighted by atomic mass is 32.2. The molecule has 0 atom stereocenters. The van der Waals surface area contributed by atoms with Crippen LogP contribution in [-0.2, 0) is 10.0 Å². The summed E-state index contributed by atoms with van der Waals surface area (Å²) in [6.07, 6.45) is 0. The molecule has 140 valence electrons. The molecule has 2 aromatic carbocycles. The lowest BCUT2D eigenvalue weighted by Crippen LogP contribution is -2.24. The molecule has 26 heavy (non-hydrogen) atoms. The van der Waals surface area contributed by atoms with Crippen LogP contribution < -0.4 is 14.8 Å². The molecular formula is C19H24N2O4S. The standard InChI is InChI=1S/C19H24N2O4S/c1-5-20-26(23,24)18-12-15(8-11-17(18)25-4)19(22)21-16-9-6-14(7-10-16)13(2)3/h6-13,20H,5H2,1-4H3,(H,21,22). The van der Waals surface area contributed by atoms with Crippen molar-refractivity contribution in [1.82, 2.24) is 4.72 Å². The number of carbonyl (C=O) groups excluding carboxylic acids is 1. The van der Waals surface area contributed by atoms with Crippen LogP contribution in [0.25, 0.3) is 0 Å². The van der Waals surface area contributed by atoms with Crippen molar-refractivity contribution in [3.8, 4) is 5.75 Å². The second-order valence-corrected chi connectivity index (χ2v) is 7.83. The van der Waals surface area contributed by atoms with Gasteiger partial charge in [0, 0.05) is 17.8 Å². The van der Waals surface area contributed by atoms with Gasteiger partial charge in [0.15, 0.2) is 0 Å². The first-order chi connectivity index (χ1) is 12.3. The molecular weight excluding hydrogens is 352 g/mol. The fourth-order valence-electron chi connectivity index (χ4n) is 2.45. The van der Waals surface area contributed by atoms with E-state index < -0.39 is 15.9 Å². The lowest BCUT2D eigenvalue weighted by molar-refractivity contribution is 0.102. The van der Waals surface area contributed by atoms with Gasteiger partial charge in [0.25, 0.3) is 5.91 Å². The molecule has 0 aliphatic rings. The van der Waals surface area contributed by atoms with E-state index in [9.17, 15) is 13.2 Å². The number of hydrogen-bond acceptors (Lipinski definition) is 4. The van der Waals surface area contributed by atoms with E-state index in [1.54, 1.807) is 6.92 Å². The van der Waals surface area contributed by atoms with Crippen molar-refractivity contribution >= 4 is 21.6 Å². The Bertz CT molecular complexity index is 875. The third kappa shape index (κ3) is 4.62. The molecule has 0 bridgehead atoms. The number of nitrogens with one attached hydrogen (secondary N) is 2. The zero-order valence-electron chi connectivity index (χ0n) is 15.4. The summed E-state index contributed by atoms with van der Waals surface area (Å²) in [5.74, 6) is 0.196. The average molecular weight is 376 g/mol. The molecule has 0 fully saturated rings. The lowest BCUT2D eigenvalue weighted by Gasteiger charge is -2.12. The summed E-state index contributed by atoms with van der Waals surface area (Å²) in [6, 6.07) is 11.9. The van der Waals surface area contributed by atoms with E-state index in [4.69, 9.17) is 4.74 Å². The van der Waals surface area contributed by atoms with Crippen LogP contribution in [0.4, 0.5) is 5.69 Å². The van der Waals surface area contributed by atoms with E-state index in [0.29, 0.717) is 11.6 Å². The van der Waals surface area contributed by atoms with Gasteiger partial charge in [-0.05, 0) is 41.8 Å². The summed E-state index contributed by atoms with van der Waals surface area (Å²) >= 11 is 0. The first-order valence-electron chi connectivity index (χ1n) is 8.37. The summed E-state index contributed by atoms with van der Waals surface area (Å²) in [4.78, 5) is 12.4. The third-order valence-electron chi connectivity index (χ3n) is 3.88. The smallest absolute Gasteiger partial charge is 0.255 e. The second kappa shape index (κ2) is 8.33. The van der Waals surface area contributed by atoms with Crippen molar-refractivity contribution in [2.75, 3.05) is 19.0 Å². The molecule has 0 radical (unpaired) electrons. The third-order valence-corrected chi connectivity index (χ3v) is 5.45. The maximum Gasteiger partial charge on any atom is 0.255 e. The summed E-state index contributed by atoms with van der Waals surface area (Å²) in [5.41, 5.74) is 2.05. The normalized spacial score (nSPS) is 11.4. The number of anilines is 1. The van der Waals surface area contributed by atoms with Gasteiger partial charge in [-0.25, -0.2) is 13.1 Å². The minimum atomic E-state index is -3.75. The van der Waals surface area contributed by atoms with E-state index in [1.165, 1.54) is 30.9 Å². The van der Waals surface area contributed by atoms with E-state index in [2.05, 4.69) is 23.9 Å². The Balaban J connectivity index is 2.29. The van der Waals surface area contributed by atoms with Crippen LogP contribution in [-0.4, -0.2) is 28.0 Å². The summed E-state index contributed by atoms with van der Waals surface area (Å²) in [7, 11) is -2.37. The first kappa shape index (κ1) is 19.9. The molecule has 2 rings (SSSR count). The van der Waals surface area contributed by atoms with Crippen LogP contribution in [0, 0.1) is 0 Å². The fraction of sp³-hybridized carbons (Fsp3) is 0.316. The van der Waals surface area contributed by atoms with E-state index in [0.717, 1.165) is 0 Å². The Morgan fingerprint density at radius 3 is 2.31 bits per heavy atom. The summed E-state index contributed by atoms with van der Waals surface area (Å²) < 4.78 is 32.2. The molecule has 0 unspecified atom stereocenters. The number of hydrogen-bond donors (Lipinski definition) is 2.